The van der Waals surface area contributed by atoms with Gasteiger partial charge in [-0.15, -0.1) is 0 Å². The highest BCUT2D eigenvalue weighted by atomic mass is 16.5. The lowest BCUT2D eigenvalue weighted by Crippen LogP contribution is -2.24. The maximum Gasteiger partial charge on any atom is 0.277 e. The van der Waals surface area contributed by atoms with E-state index >= 15 is 0 Å². The van der Waals surface area contributed by atoms with Crippen LogP contribution in [-0.4, -0.2) is 18.7 Å². The van der Waals surface area contributed by atoms with E-state index in [0.717, 1.165) is 17.1 Å². The van der Waals surface area contributed by atoms with Crippen LogP contribution in [0.2, 0.25) is 0 Å². The van der Waals surface area contributed by atoms with Crippen molar-refractivity contribution in [3.8, 4) is 17.2 Å². The van der Waals surface area contributed by atoms with Crippen LogP contribution in [-0.2, 0) is 4.79 Å². The summed E-state index contributed by atoms with van der Waals surface area (Å²) in [5.41, 5.74) is 3.27. The van der Waals surface area contributed by atoms with Crippen molar-refractivity contribution in [3.63, 3.8) is 0 Å². The smallest absolute Gasteiger partial charge is 0.277 e. The van der Waals surface area contributed by atoms with Gasteiger partial charge >= 0.3 is 0 Å². The predicted octanol–water partition coefficient (Wildman–Crippen LogP) is 4.01. The fraction of sp³-hybridized carbons (Fsp3) is 0.0476. The Labute approximate surface area is 151 Å². The van der Waals surface area contributed by atoms with Gasteiger partial charge in [-0.3, -0.25) is 4.79 Å². The first kappa shape index (κ1) is 17.2. The Morgan fingerprint density at radius 3 is 2.04 bits per heavy atom. The second-order valence-corrected chi connectivity index (χ2v) is 5.38. The molecule has 0 saturated carbocycles. The molecule has 3 aromatic rings. The molecule has 0 aliphatic heterocycles. The number of benzene rings is 3. The molecule has 3 aromatic carbocycles. The minimum atomic E-state index is -0.325. The average molecular weight is 346 g/mol. The number of amides is 1. The quantitative estimate of drug-likeness (QED) is 0.519. The van der Waals surface area contributed by atoms with Gasteiger partial charge in [0.05, 0.1) is 6.21 Å². The Morgan fingerprint density at radius 1 is 0.808 bits per heavy atom. The van der Waals surface area contributed by atoms with Gasteiger partial charge < -0.3 is 9.47 Å². The number of hydrazone groups is 1. The van der Waals surface area contributed by atoms with Crippen molar-refractivity contribution in [2.45, 2.75) is 0 Å². The van der Waals surface area contributed by atoms with E-state index in [1.807, 2.05) is 72.8 Å². The average Bonchev–Trinajstić information content (AvgIpc) is 2.69. The number of hydrogen-bond donors (Lipinski definition) is 1. The Kier molecular flexibility index (Phi) is 5.99. The lowest BCUT2D eigenvalue weighted by molar-refractivity contribution is -0.123. The molecule has 0 saturated heterocycles. The van der Waals surface area contributed by atoms with Crippen LogP contribution >= 0.6 is 0 Å². The molecular weight excluding hydrogens is 328 g/mol. The van der Waals surface area contributed by atoms with E-state index in [0.29, 0.717) is 5.75 Å². The van der Waals surface area contributed by atoms with Gasteiger partial charge in [0, 0.05) is 0 Å². The van der Waals surface area contributed by atoms with Crippen LogP contribution in [0.4, 0.5) is 0 Å². The first-order valence-corrected chi connectivity index (χ1v) is 8.12. The summed E-state index contributed by atoms with van der Waals surface area (Å²) in [6.45, 7) is -0.0921. The predicted molar refractivity (Wildman–Crippen MR) is 101 cm³/mol. The lowest BCUT2D eigenvalue weighted by atomic mass is 10.2. The van der Waals surface area contributed by atoms with E-state index < -0.39 is 0 Å². The molecule has 0 heterocycles. The normalized spacial score (nSPS) is 10.5. The number of carbonyl (C=O) groups is 1. The van der Waals surface area contributed by atoms with Gasteiger partial charge in [-0.2, -0.15) is 5.10 Å². The Balaban J connectivity index is 1.45. The van der Waals surface area contributed by atoms with E-state index in [-0.39, 0.29) is 12.5 Å². The molecule has 0 aliphatic rings. The van der Waals surface area contributed by atoms with Gasteiger partial charge in [0.2, 0.25) is 0 Å². The van der Waals surface area contributed by atoms with E-state index in [2.05, 4.69) is 10.5 Å². The number of nitrogens with one attached hydrogen (secondary N) is 1. The fourth-order valence-electron chi connectivity index (χ4n) is 2.12. The summed E-state index contributed by atoms with van der Waals surface area (Å²) in [6, 6.07) is 26.1. The summed E-state index contributed by atoms with van der Waals surface area (Å²) in [5.74, 6) is 1.82. The van der Waals surface area contributed by atoms with E-state index in [4.69, 9.17) is 9.47 Å². The summed E-state index contributed by atoms with van der Waals surface area (Å²) < 4.78 is 11.1. The summed E-state index contributed by atoms with van der Waals surface area (Å²) in [4.78, 5) is 11.7. The van der Waals surface area contributed by atoms with E-state index in [1.54, 1.807) is 18.3 Å². The monoisotopic (exact) mass is 346 g/mol. The van der Waals surface area contributed by atoms with Gasteiger partial charge in [0.25, 0.3) is 5.91 Å². The third-order valence-corrected chi connectivity index (χ3v) is 3.38. The molecule has 0 bridgehead atoms. The molecule has 5 nitrogen and oxygen atoms in total. The van der Waals surface area contributed by atoms with Gasteiger partial charge in [-0.05, 0) is 54.1 Å². The van der Waals surface area contributed by atoms with Crippen molar-refractivity contribution in [2.24, 2.45) is 5.10 Å². The van der Waals surface area contributed by atoms with E-state index in [1.165, 1.54) is 0 Å². The molecule has 1 N–H and O–H groups in total. The molecule has 0 radical (unpaired) electrons. The van der Waals surface area contributed by atoms with Crippen LogP contribution in [0.5, 0.6) is 17.2 Å². The summed E-state index contributed by atoms with van der Waals surface area (Å²) >= 11 is 0. The molecule has 5 heteroatoms. The molecule has 0 spiro atoms. The maximum atomic E-state index is 11.7. The number of nitrogens with zero attached hydrogens (tertiary/aromatic N) is 1. The van der Waals surface area contributed by atoms with Crippen LogP contribution in [0, 0.1) is 0 Å². The van der Waals surface area contributed by atoms with Crippen LogP contribution in [0.15, 0.2) is 90.0 Å². The molecule has 0 fully saturated rings. The van der Waals surface area contributed by atoms with Crippen LogP contribution in [0.25, 0.3) is 0 Å². The number of para-hydroxylation sites is 2. The first-order chi connectivity index (χ1) is 12.8. The Morgan fingerprint density at radius 2 is 1.38 bits per heavy atom. The van der Waals surface area contributed by atoms with Gasteiger partial charge in [-0.1, -0.05) is 36.4 Å². The SMILES string of the molecule is O=C(COc1ccccc1)N/N=C\c1ccc(Oc2ccccc2)cc1. The molecular formula is C21H18N2O3. The highest BCUT2D eigenvalue weighted by molar-refractivity contribution is 5.83. The highest BCUT2D eigenvalue weighted by Gasteiger charge is 2.01. The molecule has 0 atom stereocenters. The largest absolute Gasteiger partial charge is 0.484 e. The Bertz CT molecular complexity index is 847. The fourth-order valence-corrected chi connectivity index (χ4v) is 2.12. The minimum absolute atomic E-state index is 0.0921. The number of carbonyl (C=O) groups excluding carboxylic acids is 1. The highest BCUT2D eigenvalue weighted by Crippen LogP contribution is 2.20. The molecule has 130 valence electrons. The van der Waals surface area contributed by atoms with Crippen molar-refractivity contribution in [1.29, 1.82) is 0 Å². The second-order valence-electron chi connectivity index (χ2n) is 5.38. The van der Waals surface area contributed by atoms with Crippen molar-refractivity contribution < 1.29 is 14.3 Å². The third-order valence-electron chi connectivity index (χ3n) is 3.38. The topological polar surface area (TPSA) is 59.9 Å². The maximum absolute atomic E-state index is 11.7. The zero-order valence-corrected chi connectivity index (χ0v) is 14.0. The zero-order chi connectivity index (χ0) is 18.0. The number of ether oxygens (including phenoxy) is 2. The van der Waals surface area contributed by atoms with Crippen LogP contribution in [0.1, 0.15) is 5.56 Å². The summed E-state index contributed by atoms with van der Waals surface area (Å²) in [7, 11) is 0. The van der Waals surface area contributed by atoms with Crippen LogP contribution < -0.4 is 14.9 Å². The third kappa shape index (κ3) is 5.49. The van der Waals surface area contributed by atoms with Crippen molar-refractivity contribution in [2.75, 3.05) is 6.61 Å². The van der Waals surface area contributed by atoms with Gasteiger partial charge in [0.1, 0.15) is 17.2 Å². The number of rotatable bonds is 7. The first-order valence-electron chi connectivity index (χ1n) is 8.12. The lowest BCUT2D eigenvalue weighted by Gasteiger charge is -2.05. The number of hydrogen-bond acceptors (Lipinski definition) is 4. The van der Waals surface area contributed by atoms with Crippen molar-refractivity contribution >= 4 is 12.1 Å². The second kappa shape index (κ2) is 9.03. The molecule has 26 heavy (non-hydrogen) atoms. The molecule has 0 unspecified atom stereocenters. The molecule has 0 aliphatic carbocycles. The van der Waals surface area contributed by atoms with Crippen LogP contribution in [0.3, 0.4) is 0 Å². The summed E-state index contributed by atoms with van der Waals surface area (Å²) in [5, 5.41) is 3.92. The molecule has 1 amide bonds. The minimum Gasteiger partial charge on any atom is -0.484 e. The standard InChI is InChI=1S/C21H18N2O3/c24-21(16-25-18-7-3-1-4-8-18)23-22-15-17-11-13-20(14-12-17)26-19-9-5-2-6-10-19/h1-15H,16H2,(H,23,24)/b22-15-. The Hall–Kier alpha value is -3.60. The summed E-state index contributed by atoms with van der Waals surface area (Å²) in [6.07, 6.45) is 1.56. The van der Waals surface area contributed by atoms with Gasteiger partial charge in [-0.25, -0.2) is 5.43 Å². The zero-order valence-electron chi connectivity index (χ0n) is 14.0. The van der Waals surface area contributed by atoms with Gasteiger partial charge in [0.15, 0.2) is 6.61 Å². The van der Waals surface area contributed by atoms with Crippen molar-refractivity contribution in [1.82, 2.24) is 5.43 Å². The molecule has 0 aromatic heterocycles. The van der Waals surface area contributed by atoms with Crippen molar-refractivity contribution in [3.05, 3.63) is 90.5 Å². The molecule has 3 rings (SSSR count). The van der Waals surface area contributed by atoms with E-state index in [9.17, 15) is 4.79 Å².